The van der Waals surface area contributed by atoms with Gasteiger partial charge >= 0.3 is 5.97 Å². The molecule has 1 atom stereocenters. The minimum Gasteiger partial charge on any atom is -0.497 e. The van der Waals surface area contributed by atoms with Gasteiger partial charge in [0.15, 0.2) is 0 Å². The summed E-state index contributed by atoms with van der Waals surface area (Å²) in [5, 5.41) is 11.6. The van der Waals surface area contributed by atoms with E-state index in [1.54, 1.807) is 24.3 Å². The van der Waals surface area contributed by atoms with E-state index in [4.69, 9.17) is 4.74 Å². The van der Waals surface area contributed by atoms with Gasteiger partial charge in [0.05, 0.1) is 12.7 Å². The fourth-order valence-corrected chi connectivity index (χ4v) is 2.08. The lowest BCUT2D eigenvalue weighted by Gasteiger charge is -2.15. The molecule has 0 saturated heterocycles. The Balaban J connectivity index is 2.11. The Bertz CT molecular complexity index is 700. The zero-order chi connectivity index (χ0) is 16.8. The summed E-state index contributed by atoms with van der Waals surface area (Å²) in [6.45, 7) is 0. The summed E-state index contributed by atoms with van der Waals surface area (Å²) in [4.78, 5) is 23.4. The van der Waals surface area contributed by atoms with Crippen LogP contribution < -0.4 is 10.1 Å². The monoisotopic (exact) mass is 317 g/mol. The fraction of sp³-hybridized carbons (Fsp3) is 0.176. The van der Waals surface area contributed by atoms with Crippen molar-refractivity contribution in [3.63, 3.8) is 0 Å². The van der Waals surface area contributed by atoms with Crippen LogP contribution in [0.5, 0.6) is 5.75 Å². The number of nitrogens with one attached hydrogen (secondary N) is 1. The van der Waals surface area contributed by atoms with Crippen LogP contribution in [-0.2, 0) is 11.2 Å². The number of hydrogen-bond donors (Lipinski definition) is 2. The number of carbonyl (C=O) groups excluding carboxylic acids is 1. The molecular formula is C17H16FNO4. The summed E-state index contributed by atoms with van der Waals surface area (Å²) in [6, 6.07) is 11.1. The highest BCUT2D eigenvalue weighted by Crippen LogP contribution is 2.13. The number of ether oxygens (including phenoxy) is 1. The smallest absolute Gasteiger partial charge is 0.326 e. The van der Waals surface area contributed by atoms with E-state index in [9.17, 15) is 19.1 Å². The number of amides is 1. The van der Waals surface area contributed by atoms with Crippen molar-refractivity contribution in [2.75, 3.05) is 7.11 Å². The van der Waals surface area contributed by atoms with Gasteiger partial charge < -0.3 is 15.2 Å². The quantitative estimate of drug-likeness (QED) is 0.857. The maximum absolute atomic E-state index is 13.6. The molecule has 2 aromatic carbocycles. The number of methoxy groups -OCH3 is 1. The maximum Gasteiger partial charge on any atom is 0.326 e. The first-order valence-electron chi connectivity index (χ1n) is 6.92. The third-order valence-electron chi connectivity index (χ3n) is 3.32. The Morgan fingerprint density at radius 2 is 1.83 bits per heavy atom. The zero-order valence-corrected chi connectivity index (χ0v) is 12.5. The number of aliphatic carboxylic acids is 1. The number of halogens is 1. The molecule has 0 aromatic heterocycles. The lowest BCUT2D eigenvalue weighted by molar-refractivity contribution is -0.139. The first kappa shape index (κ1) is 16.5. The first-order valence-corrected chi connectivity index (χ1v) is 6.92. The van der Waals surface area contributed by atoms with E-state index in [0.29, 0.717) is 11.3 Å². The Morgan fingerprint density at radius 1 is 1.17 bits per heavy atom. The summed E-state index contributed by atoms with van der Waals surface area (Å²) in [5.74, 6) is -2.00. The molecule has 2 rings (SSSR count). The highest BCUT2D eigenvalue weighted by atomic mass is 19.1. The van der Waals surface area contributed by atoms with Crippen molar-refractivity contribution in [2.24, 2.45) is 0 Å². The Morgan fingerprint density at radius 3 is 2.39 bits per heavy atom. The molecule has 0 aliphatic heterocycles. The minimum atomic E-state index is -1.19. The fourth-order valence-electron chi connectivity index (χ4n) is 2.08. The molecule has 0 saturated carbocycles. The third kappa shape index (κ3) is 4.29. The summed E-state index contributed by atoms with van der Waals surface area (Å²) >= 11 is 0. The van der Waals surface area contributed by atoms with Crippen LogP contribution in [0.15, 0.2) is 48.5 Å². The Kier molecular flexibility index (Phi) is 5.30. The second kappa shape index (κ2) is 7.40. The van der Waals surface area contributed by atoms with E-state index in [-0.39, 0.29) is 12.0 Å². The summed E-state index contributed by atoms with van der Waals surface area (Å²) in [5.41, 5.74) is 0.528. The Labute approximate surface area is 132 Å². The van der Waals surface area contributed by atoms with Crippen molar-refractivity contribution in [2.45, 2.75) is 12.5 Å². The molecule has 2 aromatic rings. The average Bonchev–Trinajstić information content (AvgIpc) is 2.55. The summed E-state index contributed by atoms with van der Waals surface area (Å²) in [6.07, 6.45) is 0.0829. The van der Waals surface area contributed by atoms with E-state index in [0.717, 1.165) is 6.07 Å². The van der Waals surface area contributed by atoms with Crippen LogP contribution in [0.2, 0.25) is 0 Å². The number of rotatable bonds is 6. The minimum absolute atomic E-state index is 0.0829. The van der Waals surface area contributed by atoms with E-state index in [2.05, 4.69) is 5.32 Å². The molecule has 0 fully saturated rings. The van der Waals surface area contributed by atoms with Gasteiger partial charge in [0.2, 0.25) is 0 Å². The van der Waals surface area contributed by atoms with Crippen LogP contribution >= 0.6 is 0 Å². The molecule has 5 nitrogen and oxygen atoms in total. The number of hydrogen-bond acceptors (Lipinski definition) is 3. The highest BCUT2D eigenvalue weighted by molar-refractivity contribution is 5.96. The third-order valence-corrected chi connectivity index (χ3v) is 3.32. The van der Waals surface area contributed by atoms with Gasteiger partial charge in [-0.15, -0.1) is 0 Å². The van der Waals surface area contributed by atoms with Crippen LogP contribution in [0.25, 0.3) is 0 Å². The second-order valence-corrected chi connectivity index (χ2v) is 4.90. The molecule has 6 heteroatoms. The van der Waals surface area contributed by atoms with Gasteiger partial charge in [0, 0.05) is 6.42 Å². The van der Waals surface area contributed by atoms with Crippen molar-refractivity contribution in [1.82, 2.24) is 5.32 Å². The number of carbonyl (C=O) groups is 2. The molecule has 1 amide bonds. The summed E-state index contributed by atoms with van der Waals surface area (Å²) in [7, 11) is 1.53. The van der Waals surface area contributed by atoms with Gasteiger partial charge in [-0.05, 0) is 29.8 Å². The van der Waals surface area contributed by atoms with E-state index < -0.39 is 23.7 Å². The van der Waals surface area contributed by atoms with Gasteiger partial charge in [-0.25, -0.2) is 9.18 Å². The number of carboxylic acids is 1. The molecule has 0 radical (unpaired) electrons. The molecule has 0 unspecified atom stereocenters. The van der Waals surface area contributed by atoms with Gasteiger partial charge in [0.1, 0.15) is 17.6 Å². The standard InChI is InChI=1S/C17H16FNO4/c1-23-12-8-6-11(7-9-12)10-15(17(21)22)19-16(20)13-4-2-3-5-14(13)18/h2-9,15H,10H2,1H3,(H,19,20)(H,21,22)/t15-/m1/s1. The maximum atomic E-state index is 13.6. The largest absolute Gasteiger partial charge is 0.497 e. The van der Waals surface area contributed by atoms with Crippen LogP contribution in [-0.4, -0.2) is 30.1 Å². The van der Waals surface area contributed by atoms with Crippen molar-refractivity contribution < 1.29 is 23.8 Å². The van der Waals surface area contributed by atoms with Gasteiger partial charge in [-0.3, -0.25) is 4.79 Å². The van der Waals surface area contributed by atoms with Crippen molar-refractivity contribution in [1.29, 1.82) is 0 Å². The molecule has 0 spiro atoms. The SMILES string of the molecule is COc1ccc(C[C@@H](NC(=O)c2ccccc2F)C(=O)O)cc1. The predicted octanol–water partition coefficient (Wildman–Crippen LogP) is 2.26. The lowest BCUT2D eigenvalue weighted by atomic mass is 10.1. The molecule has 0 heterocycles. The predicted molar refractivity (Wildman–Crippen MR) is 82.0 cm³/mol. The van der Waals surface area contributed by atoms with Crippen LogP contribution in [0.1, 0.15) is 15.9 Å². The molecule has 2 N–H and O–H groups in total. The molecule has 23 heavy (non-hydrogen) atoms. The molecular weight excluding hydrogens is 301 g/mol. The Hall–Kier alpha value is -2.89. The van der Waals surface area contributed by atoms with Crippen LogP contribution in [0.3, 0.4) is 0 Å². The molecule has 0 aliphatic rings. The van der Waals surface area contributed by atoms with Gasteiger partial charge in [0.25, 0.3) is 5.91 Å². The van der Waals surface area contributed by atoms with Crippen molar-refractivity contribution in [3.8, 4) is 5.75 Å². The molecule has 0 bridgehead atoms. The molecule has 120 valence electrons. The number of benzene rings is 2. The van der Waals surface area contributed by atoms with Crippen LogP contribution in [0.4, 0.5) is 4.39 Å². The van der Waals surface area contributed by atoms with E-state index in [1.807, 2.05) is 0 Å². The van der Waals surface area contributed by atoms with Gasteiger partial charge in [-0.1, -0.05) is 24.3 Å². The lowest BCUT2D eigenvalue weighted by Crippen LogP contribution is -2.42. The average molecular weight is 317 g/mol. The van der Waals surface area contributed by atoms with Crippen molar-refractivity contribution in [3.05, 3.63) is 65.5 Å². The second-order valence-electron chi connectivity index (χ2n) is 4.90. The normalized spacial score (nSPS) is 11.6. The van der Waals surface area contributed by atoms with Crippen LogP contribution in [0, 0.1) is 5.82 Å². The van der Waals surface area contributed by atoms with E-state index >= 15 is 0 Å². The van der Waals surface area contributed by atoms with Gasteiger partial charge in [-0.2, -0.15) is 0 Å². The van der Waals surface area contributed by atoms with E-state index in [1.165, 1.54) is 25.3 Å². The highest BCUT2D eigenvalue weighted by Gasteiger charge is 2.22. The first-order chi connectivity index (χ1) is 11.0. The summed E-state index contributed by atoms with van der Waals surface area (Å²) < 4.78 is 18.6. The molecule has 0 aliphatic carbocycles. The number of carboxylic acid groups (broad SMARTS) is 1. The van der Waals surface area contributed by atoms with Crippen molar-refractivity contribution >= 4 is 11.9 Å². The topological polar surface area (TPSA) is 75.6 Å². The zero-order valence-electron chi connectivity index (χ0n) is 12.5.